The minimum Gasteiger partial charge on any atom is -0.353 e. The molecule has 0 aromatic carbocycles. The molecule has 2 fully saturated rings. The van der Waals surface area contributed by atoms with Crippen molar-refractivity contribution in [1.82, 2.24) is 19.1 Å². The van der Waals surface area contributed by atoms with Crippen LogP contribution in [-0.2, 0) is 21.0 Å². The largest absolute Gasteiger partial charge is 0.500 e. The number of nitrogens with zero attached hydrogens (tertiary/aromatic N) is 6. The van der Waals surface area contributed by atoms with Crippen LogP contribution in [0.5, 0.6) is 0 Å². The van der Waals surface area contributed by atoms with Crippen LogP contribution in [0.2, 0.25) is 5.02 Å². The normalized spacial score (nSPS) is 23.8. The first kappa shape index (κ1) is 26.8. The van der Waals surface area contributed by atoms with E-state index < -0.39 is 39.0 Å². The lowest BCUT2D eigenvalue weighted by atomic mass is 10.0. The van der Waals surface area contributed by atoms with Gasteiger partial charge in [-0.05, 0) is 18.9 Å². The summed E-state index contributed by atoms with van der Waals surface area (Å²) in [6.07, 6.45) is -1.44. The summed E-state index contributed by atoms with van der Waals surface area (Å²) in [5.74, 6) is -0.459. The van der Waals surface area contributed by atoms with Crippen LogP contribution in [-0.4, -0.2) is 115 Å². The Morgan fingerprint density at radius 3 is 2.25 bits per heavy atom. The summed E-state index contributed by atoms with van der Waals surface area (Å²) < 4.78 is 67.3. The molecule has 3 aliphatic rings. The van der Waals surface area contributed by atoms with E-state index >= 15 is 0 Å². The zero-order chi connectivity index (χ0) is 26.4. The van der Waals surface area contributed by atoms with Gasteiger partial charge in [-0.1, -0.05) is 11.6 Å². The van der Waals surface area contributed by atoms with E-state index in [0.29, 0.717) is 44.8 Å². The van der Waals surface area contributed by atoms with Gasteiger partial charge in [0.05, 0.1) is 24.7 Å². The third-order valence-corrected chi connectivity index (χ3v) is 9.23. The fourth-order valence-electron chi connectivity index (χ4n) is 4.80. The Morgan fingerprint density at radius 1 is 1.08 bits per heavy atom. The quantitative estimate of drug-likeness (QED) is 0.521. The van der Waals surface area contributed by atoms with Gasteiger partial charge in [0, 0.05) is 51.5 Å². The maximum absolute atomic E-state index is 13.1. The molecule has 4 heterocycles. The first-order valence-electron chi connectivity index (χ1n) is 11.4. The van der Waals surface area contributed by atoms with E-state index in [1.165, 1.54) is 18.4 Å². The van der Waals surface area contributed by atoms with Crippen molar-refractivity contribution < 1.29 is 35.8 Å². The second kappa shape index (κ2) is 9.88. The Labute approximate surface area is 212 Å². The third-order valence-electron chi connectivity index (χ3n) is 6.91. The summed E-state index contributed by atoms with van der Waals surface area (Å²) in [4.78, 5) is 33.2. The average Bonchev–Trinajstić information content (AvgIpc) is 2.84. The molecule has 1 unspecified atom stereocenters. The molecule has 0 spiro atoms. The van der Waals surface area contributed by atoms with E-state index in [4.69, 9.17) is 11.6 Å². The molecule has 0 aliphatic carbocycles. The summed E-state index contributed by atoms with van der Waals surface area (Å²) in [6, 6.07) is 0.427. The number of amides is 3. The molecule has 36 heavy (non-hydrogen) atoms. The predicted octanol–water partition coefficient (Wildman–Crippen LogP) is 1.34. The molecule has 3 amide bonds. The van der Waals surface area contributed by atoms with Gasteiger partial charge >= 0.3 is 18.1 Å². The fourth-order valence-corrected chi connectivity index (χ4v) is 6.87. The van der Waals surface area contributed by atoms with E-state index in [9.17, 15) is 31.2 Å². The second-order valence-corrected chi connectivity index (χ2v) is 11.5. The van der Waals surface area contributed by atoms with Crippen molar-refractivity contribution in [2.45, 2.75) is 30.3 Å². The molecule has 1 atom stereocenters. The monoisotopic (exact) mass is 551 g/mol. The minimum absolute atomic E-state index is 0.0520. The van der Waals surface area contributed by atoms with Crippen molar-refractivity contribution in [2.75, 3.05) is 58.3 Å². The van der Waals surface area contributed by atoms with Crippen molar-refractivity contribution >= 4 is 45.6 Å². The Bertz CT molecular complexity index is 1180. The van der Waals surface area contributed by atoms with Gasteiger partial charge in [-0.25, -0.2) is 27.1 Å². The minimum atomic E-state index is -4.51. The number of carbonyl (C=O) groups excluding carboxylic acids is 2. The standard InChI is InChI=1S/C21H27ClF3N6O4S/c1-27-13-17(19(32)28(2)20(27)33)36(34,35)31-5-3-15(4-6-31)29-7-9-30(10-8-29)18-16(22)11-14(12-26-18)21(23,24)25/h11-13,15,17H,3-10H2,1-2H3/q+1. The lowest BCUT2D eigenvalue weighted by Gasteiger charge is -2.43. The molecule has 1 aromatic rings. The highest BCUT2D eigenvalue weighted by molar-refractivity contribution is 7.91. The molecule has 4 rings (SSSR count). The van der Waals surface area contributed by atoms with E-state index in [-0.39, 0.29) is 24.2 Å². The third kappa shape index (κ3) is 5.08. The topological polar surface area (TPSA) is 97.1 Å². The number of sulfonamides is 1. The number of hydrogen-bond acceptors (Lipinski definition) is 7. The lowest BCUT2D eigenvalue weighted by molar-refractivity contribution is -0.399. The SMILES string of the molecule is CN1C(=O)C(S(=O)(=O)N2CCC(N3CCN(c4ncc(C(F)(F)F)cc4Cl)CC3)CC2)C=[N+](C)C1=O. The van der Waals surface area contributed by atoms with Crippen molar-refractivity contribution in [2.24, 2.45) is 0 Å². The van der Waals surface area contributed by atoms with E-state index in [2.05, 4.69) is 9.88 Å². The van der Waals surface area contributed by atoms with E-state index in [1.54, 1.807) is 0 Å². The number of aromatic nitrogens is 1. The number of anilines is 1. The molecule has 3 aliphatic heterocycles. The van der Waals surface area contributed by atoms with Gasteiger partial charge in [0.1, 0.15) is 12.0 Å². The van der Waals surface area contributed by atoms with Gasteiger partial charge < -0.3 is 4.90 Å². The lowest BCUT2D eigenvalue weighted by Crippen LogP contribution is -2.58. The molecule has 0 saturated carbocycles. The molecular formula is C21H27ClF3N6O4S+. The van der Waals surface area contributed by atoms with E-state index in [0.717, 1.165) is 28.0 Å². The van der Waals surface area contributed by atoms with Gasteiger partial charge in [-0.2, -0.15) is 22.9 Å². The first-order chi connectivity index (χ1) is 16.8. The Hall–Kier alpha value is -2.29. The van der Waals surface area contributed by atoms with Crippen LogP contribution in [0.25, 0.3) is 0 Å². The summed E-state index contributed by atoms with van der Waals surface area (Å²) in [6.45, 7) is 2.80. The molecule has 0 N–H and O–H groups in total. The maximum atomic E-state index is 13.1. The van der Waals surface area contributed by atoms with Gasteiger partial charge in [-0.3, -0.25) is 4.90 Å². The number of piperazine rings is 1. The smallest absolute Gasteiger partial charge is 0.353 e. The van der Waals surface area contributed by atoms with E-state index in [1.807, 2.05) is 4.90 Å². The van der Waals surface area contributed by atoms with Crippen molar-refractivity contribution in [3.8, 4) is 0 Å². The number of imide groups is 1. The van der Waals surface area contributed by atoms with Gasteiger partial charge in [-0.15, -0.1) is 0 Å². The number of hydrogen-bond donors (Lipinski definition) is 0. The molecular weight excluding hydrogens is 525 g/mol. The van der Waals surface area contributed by atoms with Crippen LogP contribution in [0.4, 0.5) is 23.8 Å². The number of halogens is 4. The molecule has 15 heteroatoms. The van der Waals surface area contributed by atoms with Crippen LogP contribution >= 0.6 is 11.6 Å². The summed E-state index contributed by atoms with van der Waals surface area (Å²) in [5, 5.41) is -1.49. The number of piperidine rings is 1. The average molecular weight is 552 g/mol. The fraction of sp³-hybridized carbons (Fsp3) is 0.619. The van der Waals surface area contributed by atoms with Crippen LogP contribution in [0, 0.1) is 0 Å². The number of rotatable bonds is 4. The number of alkyl halides is 3. The van der Waals surface area contributed by atoms with Gasteiger partial charge in [0.2, 0.25) is 15.3 Å². The summed E-state index contributed by atoms with van der Waals surface area (Å²) >= 11 is 6.08. The zero-order valence-corrected chi connectivity index (χ0v) is 21.4. The maximum Gasteiger partial charge on any atom is 0.500 e. The Kier molecular flexibility index (Phi) is 7.34. The molecule has 1 aromatic heterocycles. The zero-order valence-electron chi connectivity index (χ0n) is 19.8. The van der Waals surface area contributed by atoms with Crippen molar-refractivity contribution in [3.05, 3.63) is 22.8 Å². The highest BCUT2D eigenvalue weighted by atomic mass is 35.5. The molecule has 2 saturated heterocycles. The summed E-state index contributed by atoms with van der Waals surface area (Å²) in [5.41, 5.74) is -0.894. The number of urea groups is 1. The molecule has 10 nitrogen and oxygen atoms in total. The highest BCUT2D eigenvalue weighted by Crippen LogP contribution is 2.34. The van der Waals surface area contributed by atoms with Crippen LogP contribution in [0.15, 0.2) is 12.3 Å². The van der Waals surface area contributed by atoms with Gasteiger partial charge in [0.25, 0.3) is 0 Å². The predicted molar refractivity (Wildman–Crippen MR) is 126 cm³/mol. The van der Waals surface area contributed by atoms with Gasteiger partial charge in [0.15, 0.2) is 0 Å². The molecule has 0 radical (unpaired) electrons. The Balaban J connectivity index is 1.34. The van der Waals surface area contributed by atoms with Crippen LogP contribution in [0.3, 0.4) is 0 Å². The van der Waals surface area contributed by atoms with Crippen LogP contribution in [0.1, 0.15) is 18.4 Å². The molecule has 198 valence electrons. The van der Waals surface area contributed by atoms with Crippen molar-refractivity contribution in [3.63, 3.8) is 0 Å². The Morgan fingerprint density at radius 2 is 1.69 bits per heavy atom. The van der Waals surface area contributed by atoms with Crippen molar-refractivity contribution in [1.29, 1.82) is 0 Å². The van der Waals surface area contributed by atoms with Crippen LogP contribution < -0.4 is 4.90 Å². The first-order valence-corrected chi connectivity index (χ1v) is 13.3. The highest BCUT2D eigenvalue weighted by Gasteiger charge is 2.49. The second-order valence-electron chi connectivity index (χ2n) is 9.09. The number of carbonyl (C=O) groups is 2. The summed E-state index contributed by atoms with van der Waals surface area (Å²) in [7, 11) is -1.31. The molecule has 0 bridgehead atoms. The number of pyridine rings is 1.